The number of piperidine rings is 1. The van der Waals surface area contributed by atoms with Crippen molar-refractivity contribution >= 4 is 55.3 Å². The Bertz CT molecular complexity index is 1240. The van der Waals surface area contributed by atoms with E-state index in [0.717, 1.165) is 9.71 Å². The van der Waals surface area contributed by atoms with E-state index in [0.29, 0.717) is 35.2 Å². The van der Waals surface area contributed by atoms with Crippen molar-refractivity contribution in [2.45, 2.75) is 52.2 Å². The van der Waals surface area contributed by atoms with Gasteiger partial charge in [0.1, 0.15) is 16.9 Å². The smallest absolute Gasteiger partial charge is 0.410 e. The fourth-order valence-corrected chi connectivity index (χ4v) is 5.17. The van der Waals surface area contributed by atoms with Crippen LogP contribution in [0.25, 0.3) is 10.2 Å². The van der Waals surface area contributed by atoms with E-state index in [4.69, 9.17) is 4.74 Å². The third kappa shape index (κ3) is 5.22. The van der Waals surface area contributed by atoms with Crippen LogP contribution in [0.3, 0.4) is 0 Å². The van der Waals surface area contributed by atoms with Gasteiger partial charge in [0, 0.05) is 23.8 Å². The summed E-state index contributed by atoms with van der Waals surface area (Å²) < 4.78 is 21.8. The van der Waals surface area contributed by atoms with Gasteiger partial charge in [-0.25, -0.2) is 19.2 Å². The van der Waals surface area contributed by atoms with Gasteiger partial charge in [0.05, 0.1) is 21.3 Å². The molecule has 0 radical (unpaired) electrons. The molecule has 3 aromatic rings. The van der Waals surface area contributed by atoms with E-state index in [1.54, 1.807) is 17.2 Å². The molecule has 1 aliphatic heterocycles. The predicted octanol–water partition coefficient (Wildman–Crippen LogP) is 5.95. The van der Waals surface area contributed by atoms with E-state index in [9.17, 15) is 14.0 Å². The fourth-order valence-electron chi connectivity index (χ4n) is 4.01. The Morgan fingerprint density at radius 1 is 1.29 bits per heavy atom. The normalized spacial score (nSPS) is 16.5. The second kappa shape index (κ2) is 9.58. The van der Waals surface area contributed by atoms with E-state index in [1.807, 2.05) is 33.8 Å². The molecular formula is C24H26BrFN4O3S. The average molecular weight is 549 g/mol. The number of fused-ring (bicyclic) bond motifs is 1. The minimum atomic E-state index is -0.634. The highest BCUT2D eigenvalue weighted by atomic mass is 79.9. The number of hydrogen-bond acceptors (Lipinski definition) is 6. The summed E-state index contributed by atoms with van der Waals surface area (Å²) in [6.45, 7) is 8.10. The lowest BCUT2D eigenvalue weighted by molar-refractivity contribution is 0.0196. The second-order valence-corrected chi connectivity index (χ2v) is 11.4. The summed E-state index contributed by atoms with van der Waals surface area (Å²) in [4.78, 5) is 38.8. The first-order chi connectivity index (χ1) is 16.0. The molecule has 10 heteroatoms. The highest BCUT2D eigenvalue weighted by Gasteiger charge is 2.36. The summed E-state index contributed by atoms with van der Waals surface area (Å²) in [5.74, 6) is -0.789. The van der Waals surface area contributed by atoms with Crippen LogP contribution in [0.4, 0.5) is 15.0 Å². The highest BCUT2D eigenvalue weighted by molar-refractivity contribution is 9.10. The lowest BCUT2D eigenvalue weighted by atomic mass is 10.0. The van der Waals surface area contributed by atoms with Crippen LogP contribution >= 0.6 is 27.3 Å². The van der Waals surface area contributed by atoms with Crippen molar-refractivity contribution in [3.05, 3.63) is 51.3 Å². The molecule has 0 N–H and O–H groups in total. The minimum absolute atomic E-state index is 0.0663. The largest absolute Gasteiger partial charge is 0.444 e. The lowest BCUT2D eigenvalue weighted by Crippen LogP contribution is -2.53. The van der Waals surface area contributed by atoms with Crippen LogP contribution in [0, 0.1) is 12.7 Å². The molecule has 1 aliphatic rings. The number of nitrogens with zero attached hydrogens (tertiary/aromatic N) is 4. The monoisotopic (exact) mass is 548 g/mol. The van der Waals surface area contributed by atoms with E-state index in [1.165, 1.54) is 28.4 Å². The molecule has 0 aliphatic carbocycles. The Kier molecular flexibility index (Phi) is 6.91. The fraction of sp³-hybridized carbons (Fsp3) is 0.417. The Hall–Kier alpha value is -2.59. The third-order valence-electron chi connectivity index (χ3n) is 5.42. The van der Waals surface area contributed by atoms with Gasteiger partial charge in [-0.15, -0.1) is 11.3 Å². The quantitative estimate of drug-likeness (QED) is 0.404. The zero-order valence-corrected chi connectivity index (χ0v) is 21.9. The number of ether oxygens (including phenoxy) is 1. The number of rotatable bonds is 3. The van der Waals surface area contributed by atoms with E-state index < -0.39 is 29.5 Å². The van der Waals surface area contributed by atoms with Gasteiger partial charge in [0.15, 0.2) is 5.82 Å². The van der Waals surface area contributed by atoms with Crippen molar-refractivity contribution < 1.29 is 18.7 Å². The van der Waals surface area contributed by atoms with Crippen LogP contribution in [0.5, 0.6) is 0 Å². The molecule has 34 heavy (non-hydrogen) atoms. The first kappa shape index (κ1) is 24.5. The predicted molar refractivity (Wildman–Crippen MR) is 134 cm³/mol. The van der Waals surface area contributed by atoms with Crippen LogP contribution in [0.1, 0.15) is 49.0 Å². The number of halogens is 2. The van der Waals surface area contributed by atoms with Crippen molar-refractivity contribution in [1.82, 2.24) is 14.9 Å². The molecule has 0 spiro atoms. The second-order valence-electron chi connectivity index (χ2n) is 9.24. The van der Waals surface area contributed by atoms with Gasteiger partial charge in [-0.2, -0.15) is 0 Å². The molecule has 0 bridgehead atoms. The zero-order chi connectivity index (χ0) is 24.6. The summed E-state index contributed by atoms with van der Waals surface area (Å²) in [5.41, 5.74) is -0.112. The number of carbonyl (C=O) groups excluding carboxylic acids is 2. The first-order valence-corrected chi connectivity index (χ1v) is 12.6. The van der Waals surface area contributed by atoms with Crippen LogP contribution in [-0.4, -0.2) is 51.6 Å². The SMILES string of the molecule is Cc1nc2c(N(C(=O)c3ccc(Br)cc3F)[C@@H]3CCCN(C(=O)OC(C)(C)C)C3)nccc2s1. The number of anilines is 1. The molecule has 4 rings (SSSR count). The maximum Gasteiger partial charge on any atom is 0.410 e. The van der Waals surface area contributed by atoms with Crippen LogP contribution < -0.4 is 4.90 Å². The van der Waals surface area contributed by atoms with Crippen LogP contribution in [-0.2, 0) is 4.74 Å². The molecule has 1 atom stereocenters. The van der Waals surface area contributed by atoms with Gasteiger partial charge in [-0.3, -0.25) is 9.69 Å². The number of aromatic nitrogens is 2. The summed E-state index contributed by atoms with van der Waals surface area (Å²) in [6.07, 6.45) is 2.49. The maximum absolute atomic E-state index is 14.9. The minimum Gasteiger partial charge on any atom is -0.444 e. The number of carbonyl (C=O) groups is 2. The topological polar surface area (TPSA) is 75.6 Å². The van der Waals surface area contributed by atoms with Gasteiger partial charge < -0.3 is 9.64 Å². The highest BCUT2D eigenvalue weighted by Crippen LogP contribution is 2.33. The van der Waals surface area contributed by atoms with Gasteiger partial charge in [0.25, 0.3) is 5.91 Å². The Morgan fingerprint density at radius 2 is 2.06 bits per heavy atom. The van der Waals surface area contributed by atoms with Crippen molar-refractivity contribution in [2.24, 2.45) is 0 Å². The Morgan fingerprint density at radius 3 is 2.76 bits per heavy atom. The molecule has 0 unspecified atom stereocenters. The van der Waals surface area contributed by atoms with Crippen LogP contribution in [0.15, 0.2) is 34.9 Å². The standard InChI is InChI=1S/C24H26BrFN4O3S/c1-14-28-20-19(34-14)9-10-27-21(20)30(22(31)17-8-7-15(25)12-18(17)26)16-6-5-11-29(13-16)23(32)33-24(2,3)4/h7-10,12,16H,5-6,11,13H2,1-4H3/t16-/m1/s1. The number of aryl methyl sites for hydroxylation is 1. The molecular weight excluding hydrogens is 523 g/mol. The van der Waals surface area contributed by atoms with Crippen LogP contribution in [0.2, 0.25) is 0 Å². The van der Waals surface area contributed by atoms with Crippen molar-refractivity contribution in [3.8, 4) is 0 Å². The molecule has 3 heterocycles. The first-order valence-electron chi connectivity index (χ1n) is 11.0. The van der Waals surface area contributed by atoms with Gasteiger partial charge in [-0.05, 0) is 64.8 Å². The Balaban J connectivity index is 1.76. The summed E-state index contributed by atoms with van der Waals surface area (Å²) in [6, 6.07) is 5.77. The molecule has 1 aromatic carbocycles. The number of hydrogen-bond donors (Lipinski definition) is 0. The zero-order valence-electron chi connectivity index (χ0n) is 19.5. The summed E-state index contributed by atoms with van der Waals surface area (Å²) in [7, 11) is 0. The maximum atomic E-state index is 14.9. The summed E-state index contributed by atoms with van der Waals surface area (Å²) >= 11 is 4.74. The van der Waals surface area contributed by atoms with Gasteiger partial charge in [0.2, 0.25) is 0 Å². The van der Waals surface area contributed by atoms with Gasteiger partial charge >= 0.3 is 6.09 Å². The number of thiazole rings is 1. The molecule has 2 aromatic heterocycles. The average Bonchev–Trinajstić information content (AvgIpc) is 3.14. The number of benzene rings is 1. The van der Waals surface area contributed by atoms with Crippen molar-refractivity contribution in [1.29, 1.82) is 0 Å². The summed E-state index contributed by atoms with van der Waals surface area (Å²) in [5, 5.41) is 0.838. The molecule has 2 amide bonds. The van der Waals surface area contributed by atoms with Crippen molar-refractivity contribution in [3.63, 3.8) is 0 Å². The number of likely N-dealkylation sites (tertiary alicyclic amines) is 1. The van der Waals surface area contributed by atoms with E-state index in [2.05, 4.69) is 25.9 Å². The molecule has 7 nitrogen and oxygen atoms in total. The molecule has 180 valence electrons. The molecule has 0 saturated carbocycles. The third-order valence-corrected chi connectivity index (χ3v) is 6.85. The van der Waals surface area contributed by atoms with E-state index >= 15 is 0 Å². The number of amides is 2. The van der Waals surface area contributed by atoms with E-state index in [-0.39, 0.29) is 12.1 Å². The number of pyridine rings is 1. The van der Waals surface area contributed by atoms with Crippen molar-refractivity contribution in [2.75, 3.05) is 18.0 Å². The lowest BCUT2D eigenvalue weighted by Gasteiger charge is -2.39. The molecule has 1 fully saturated rings. The molecule has 1 saturated heterocycles. The van der Waals surface area contributed by atoms with Gasteiger partial charge in [-0.1, -0.05) is 15.9 Å². The Labute approximate surface area is 210 Å².